The molecule has 0 unspecified atom stereocenters. The maximum atomic E-state index is 12.6. The SMILES string of the molecule is Cc1ncccc1-c1csc(-c2c(NC(=O)CCNC(C)C)sc3c2CCCC3)n1. The number of pyridine rings is 1. The number of nitrogens with zero attached hydrogens (tertiary/aromatic N) is 2. The number of aryl methyl sites for hydroxylation is 2. The summed E-state index contributed by atoms with van der Waals surface area (Å²) in [5, 5.41) is 10.6. The number of carbonyl (C=O) groups excluding carboxylic acids is 1. The van der Waals surface area contributed by atoms with Crippen molar-refractivity contribution in [3.05, 3.63) is 39.8 Å². The molecule has 3 aromatic rings. The highest BCUT2D eigenvalue weighted by atomic mass is 32.1. The van der Waals surface area contributed by atoms with Crippen LogP contribution in [0.3, 0.4) is 0 Å². The van der Waals surface area contributed by atoms with Gasteiger partial charge in [-0.15, -0.1) is 22.7 Å². The van der Waals surface area contributed by atoms with E-state index in [4.69, 9.17) is 4.98 Å². The van der Waals surface area contributed by atoms with Crippen LogP contribution in [0.4, 0.5) is 5.00 Å². The molecule has 30 heavy (non-hydrogen) atoms. The summed E-state index contributed by atoms with van der Waals surface area (Å²) >= 11 is 3.39. The lowest BCUT2D eigenvalue weighted by atomic mass is 9.95. The highest BCUT2D eigenvalue weighted by Gasteiger charge is 2.25. The summed E-state index contributed by atoms with van der Waals surface area (Å²) in [6.45, 7) is 6.88. The molecule has 0 spiro atoms. The average Bonchev–Trinajstić information content (AvgIpc) is 3.32. The van der Waals surface area contributed by atoms with Crippen molar-refractivity contribution in [2.24, 2.45) is 0 Å². The molecule has 5 nitrogen and oxygen atoms in total. The Balaban J connectivity index is 1.63. The van der Waals surface area contributed by atoms with Crippen LogP contribution < -0.4 is 10.6 Å². The van der Waals surface area contributed by atoms with Crippen molar-refractivity contribution in [1.82, 2.24) is 15.3 Å². The number of hydrogen-bond acceptors (Lipinski definition) is 6. The van der Waals surface area contributed by atoms with Crippen LogP contribution in [0.15, 0.2) is 23.7 Å². The molecule has 0 saturated carbocycles. The molecule has 7 heteroatoms. The normalized spacial score (nSPS) is 13.5. The molecule has 0 aromatic carbocycles. The maximum absolute atomic E-state index is 12.6. The number of anilines is 1. The van der Waals surface area contributed by atoms with Gasteiger partial charge in [0.05, 0.1) is 5.69 Å². The van der Waals surface area contributed by atoms with E-state index in [9.17, 15) is 4.79 Å². The molecule has 0 radical (unpaired) electrons. The molecule has 3 aromatic heterocycles. The van der Waals surface area contributed by atoms with E-state index in [1.165, 1.54) is 23.3 Å². The second-order valence-corrected chi connectivity index (χ2v) is 9.96. The predicted octanol–water partition coefficient (Wildman–Crippen LogP) is 5.45. The predicted molar refractivity (Wildman–Crippen MR) is 126 cm³/mol. The van der Waals surface area contributed by atoms with Gasteiger partial charge < -0.3 is 10.6 Å². The number of rotatable bonds is 7. The lowest BCUT2D eigenvalue weighted by Crippen LogP contribution is -2.27. The zero-order chi connectivity index (χ0) is 21.1. The Hall–Kier alpha value is -2.09. The van der Waals surface area contributed by atoms with Gasteiger partial charge in [-0.1, -0.05) is 13.8 Å². The Bertz CT molecular complexity index is 1040. The zero-order valence-corrected chi connectivity index (χ0v) is 19.4. The minimum Gasteiger partial charge on any atom is -0.317 e. The third kappa shape index (κ3) is 4.63. The number of carbonyl (C=O) groups is 1. The first-order valence-corrected chi connectivity index (χ1v) is 12.3. The summed E-state index contributed by atoms with van der Waals surface area (Å²) in [6.07, 6.45) is 6.85. The molecule has 1 aliphatic carbocycles. The number of nitrogens with one attached hydrogen (secondary N) is 2. The van der Waals surface area contributed by atoms with Crippen molar-refractivity contribution < 1.29 is 4.79 Å². The third-order valence-corrected chi connectivity index (χ3v) is 7.40. The van der Waals surface area contributed by atoms with Crippen LogP contribution in [0.5, 0.6) is 0 Å². The van der Waals surface area contributed by atoms with Gasteiger partial charge in [0.2, 0.25) is 5.91 Å². The van der Waals surface area contributed by atoms with E-state index in [1.54, 1.807) is 22.7 Å². The van der Waals surface area contributed by atoms with Gasteiger partial charge in [-0.3, -0.25) is 9.78 Å². The summed E-state index contributed by atoms with van der Waals surface area (Å²) in [5.74, 6) is 0.0582. The van der Waals surface area contributed by atoms with E-state index in [1.807, 2.05) is 19.2 Å². The lowest BCUT2D eigenvalue weighted by Gasteiger charge is -2.12. The fourth-order valence-electron chi connectivity index (χ4n) is 3.81. The average molecular weight is 441 g/mol. The topological polar surface area (TPSA) is 66.9 Å². The number of aromatic nitrogens is 2. The first-order valence-electron chi connectivity index (χ1n) is 10.6. The van der Waals surface area contributed by atoms with Crippen LogP contribution in [0.25, 0.3) is 21.8 Å². The van der Waals surface area contributed by atoms with E-state index in [0.29, 0.717) is 19.0 Å². The van der Waals surface area contributed by atoms with Gasteiger partial charge in [-0.2, -0.15) is 0 Å². The molecule has 0 bridgehead atoms. The molecule has 2 N–H and O–H groups in total. The summed E-state index contributed by atoms with van der Waals surface area (Å²) in [7, 11) is 0. The van der Waals surface area contributed by atoms with Crippen LogP contribution in [-0.4, -0.2) is 28.5 Å². The van der Waals surface area contributed by atoms with Gasteiger partial charge in [-0.05, 0) is 50.3 Å². The number of hydrogen-bond donors (Lipinski definition) is 2. The summed E-state index contributed by atoms with van der Waals surface area (Å²) < 4.78 is 0. The van der Waals surface area contributed by atoms with Crippen LogP contribution in [0.2, 0.25) is 0 Å². The van der Waals surface area contributed by atoms with Crippen molar-refractivity contribution in [1.29, 1.82) is 0 Å². The summed E-state index contributed by atoms with van der Waals surface area (Å²) in [6, 6.07) is 4.39. The van der Waals surface area contributed by atoms with Gasteiger partial charge in [0.25, 0.3) is 0 Å². The molecule has 158 valence electrons. The Labute approximate surface area is 186 Å². The summed E-state index contributed by atoms with van der Waals surface area (Å²) in [5.41, 5.74) is 5.51. The van der Waals surface area contributed by atoms with Crippen molar-refractivity contribution >= 4 is 33.6 Å². The fourth-order valence-corrected chi connectivity index (χ4v) is 6.08. The van der Waals surface area contributed by atoms with Crippen molar-refractivity contribution in [3.8, 4) is 21.8 Å². The Morgan fingerprint density at radius 1 is 1.27 bits per heavy atom. The van der Waals surface area contributed by atoms with Crippen molar-refractivity contribution in [3.63, 3.8) is 0 Å². The Morgan fingerprint density at radius 2 is 2.10 bits per heavy atom. The number of fused-ring (bicyclic) bond motifs is 1. The standard InChI is InChI=1S/C23H28N4OS2/c1-14(2)24-12-10-20(28)27-23-21(17-7-4-5-9-19(17)30-23)22-26-18(13-29-22)16-8-6-11-25-15(16)3/h6,8,11,13-14,24H,4-5,7,9-10,12H2,1-3H3,(H,27,28). The van der Waals surface area contributed by atoms with E-state index in [-0.39, 0.29) is 5.91 Å². The number of thiazole rings is 1. The van der Waals surface area contributed by atoms with Crippen LogP contribution in [-0.2, 0) is 17.6 Å². The first kappa shape index (κ1) is 21.2. The van der Waals surface area contributed by atoms with Gasteiger partial charge in [0, 0.05) is 52.3 Å². The number of amides is 1. The first-order chi connectivity index (χ1) is 14.5. The van der Waals surface area contributed by atoms with Gasteiger partial charge in [-0.25, -0.2) is 4.98 Å². The smallest absolute Gasteiger partial charge is 0.226 e. The van der Waals surface area contributed by atoms with Crippen LogP contribution in [0, 0.1) is 6.92 Å². The molecule has 1 aliphatic rings. The molecule has 0 atom stereocenters. The Kier molecular flexibility index (Phi) is 6.61. The Morgan fingerprint density at radius 3 is 2.90 bits per heavy atom. The quantitative estimate of drug-likeness (QED) is 0.513. The molecular weight excluding hydrogens is 412 g/mol. The minimum atomic E-state index is 0.0582. The third-order valence-electron chi connectivity index (χ3n) is 5.33. The molecule has 0 fully saturated rings. The lowest BCUT2D eigenvalue weighted by molar-refractivity contribution is -0.116. The van der Waals surface area contributed by atoms with E-state index < -0.39 is 0 Å². The van der Waals surface area contributed by atoms with E-state index >= 15 is 0 Å². The molecule has 3 heterocycles. The maximum Gasteiger partial charge on any atom is 0.226 e. The van der Waals surface area contributed by atoms with Gasteiger partial charge in [0.15, 0.2) is 0 Å². The second kappa shape index (κ2) is 9.37. The van der Waals surface area contributed by atoms with Crippen LogP contribution >= 0.6 is 22.7 Å². The number of thiophene rings is 1. The van der Waals surface area contributed by atoms with Crippen molar-refractivity contribution in [2.45, 2.75) is 58.9 Å². The molecule has 0 saturated heterocycles. The van der Waals surface area contributed by atoms with Gasteiger partial charge in [0.1, 0.15) is 10.0 Å². The van der Waals surface area contributed by atoms with Crippen molar-refractivity contribution in [2.75, 3.05) is 11.9 Å². The zero-order valence-electron chi connectivity index (χ0n) is 17.7. The van der Waals surface area contributed by atoms with E-state index in [0.717, 1.165) is 45.4 Å². The minimum absolute atomic E-state index is 0.0582. The molecule has 0 aliphatic heterocycles. The van der Waals surface area contributed by atoms with E-state index in [2.05, 4.69) is 40.9 Å². The highest BCUT2D eigenvalue weighted by molar-refractivity contribution is 7.18. The van der Waals surface area contributed by atoms with Crippen LogP contribution in [0.1, 0.15) is 49.2 Å². The molecule has 1 amide bonds. The monoisotopic (exact) mass is 440 g/mol. The largest absolute Gasteiger partial charge is 0.317 e. The highest BCUT2D eigenvalue weighted by Crippen LogP contribution is 2.45. The fraction of sp³-hybridized carbons (Fsp3) is 0.435. The summed E-state index contributed by atoms with van der Waals surface area (Å²) in [4.78, 5) is 23.4. The molecular formula is C23H28N4OS2. The van der Waals surface area contributed by atoms with Gasteiger partial charge >= 0.3 is 0 Å². The second-order valence-electron chi connectivity index (χ2n) is 8.00. The molecule has 4 rings (SSSR count).